The van der Waals surface area contributed by atoms with Crippen LogP contribution in [0.5, 0.6) is 0 Å². The summed E-state index contributed by atoms with van der Waals surface area (Å²) in [6, 6.07) is 23.6. The number of anilines is 1. The van der Waals surface area contributed by atoms with Crippen LogP contribution in [0.3, 0.4) is 0 Å². The summed E-state index contributed by atoms with van der Waals surface area (Å²) in [5.41, 5.74) is 6.06. The molecule has 4 nitrogen and oxygen atoms in total. The number of amides is 1. The molecule has 3 aromatic rings. The van der Waals surface area contributed by atoms with Crippen molar-refractivity contribution in [3.05, 3.63) is 101 Å². The number of nitrogens with one attached hydrogen (secondary N) is 1. The number of hydrogen-bond donors (Lipinski definition) is 1. The van der Waals surface area contributed by atoms with Crippen LogP contribution in [0.1, 0.15) is 28.4 Å². The molecule has 0 aromatic heterocycles. The molecule has 0 radical (unpaired) electrons. The maximum Gasteiger partial charge on any atom is 0.271 e. The first kappa shape index (κ1) is 19.3. The summed E-state index contributed by atoms with van der Waals surface area (Å²) in [5, 5.41) is 3.97. The van der Waals surface area contributed by atoms with E-state index in [0.717, 1.165) is 24.3 Å². The molecule has 0 aliphatic rings. The molecule has 0 aliphatic carbocycles. The molecule has 0 unspecified atom stereocenters. The van der Waals surface area contributed by atoms with Gasteiger partial charge in [0.05, 0.1) is 6.21 Å². The van der Waals surface area contributed by atoms with Crippen molar-refractivity contribution in [2.75, 3.05) is 11.4 Å². The number of hydrogen-bond acceptors (Lipinski definition) is 3. The van der Waals surface area contributed by atoms with Crippen LogP contribution in [0.4, 0.5) is 10.1 Å². The van der Waals surface area contributed by atoms with Crippen LogP contribution in [0, 0.1) is 5.82 Å². The van der Waals surface area contributed by atoms with E-state index in [2.05, 4.69) is 34.5 Å². The minimum Gasteiger partial charge on any atom is -0.367 e. The van der Waals surface area contributed by atoms with Crippen LogP contribution < -0.4 is 10.3 Å². The van der Waals surface area contributed by atoms with Crippen molar-refractivity contribution < 1.29 is 9.18 Å². The minimum atomic E-state index is -0.382. The number of halogens is 1. The van der Waals surface area contributed by atoms with Gasteiger partial charge in [0.1, 0.15) is 5.82 Å². The van der Waals surface area contributed by atoms with E-state index < -0.39 is 0 Å². The summed E-state index contributed by atoms with van der Waals surface area (Å²) in [5.74, 6) is -0.763. The van der Waals surface area contributed by atoms with E-state index in [9.17, 15) is 9.18 Å². The van der Waals surface area contributed by atoms with Gasteiger partial charge in [0, 0.05) is 24.3 Å². The predicted molar refractivity (Wildman–Crippen MR) is 111 cm³/mol. The second-order valence-corrected chi connectivity index (χ2v) is 6.30. The average Bonchev–Trinajstić information content (AvgIpc) is 2.74. The summed E-state index contributed by atoms with van der Waals surface area (Å²) in [4.78, 5) is 14.2. The molecule has 0 atom stereocenters. The zero-order valence-electron chi connectivity index (χ0n) is 15.7. The van der Waals surface area contributed by atoms with Gasteiger partial charge in [-0.25, -0.2) is 9.82 Å². The summed E-state index contributed by atoms with van der Waals surface area (Å²) in [7, 11) is 0. The Morgan fingerprint density at radius 3 is 2.32 bits per heavy atom. The van der Waals surface area contributed by atoms with Crippen molar-refractivity contribution in [2.24, 2.45) is 5.10 Å². The maximum atomic E-state index is 12.9. The van der Waals surface area contributed by atoms with Gasteiger partial charge in [-0.1, -0.05) is 42.5 Å². The number of hydrazone groups is 1. The third kappa shape index (κ3) is 5.27. The minimum absolute atomic E-state index is 0.355. The summed E-state index contributed by atoms with van der Waals surface area (Å²) in [6.45, 7) is 3.87. The molecular weight excluding hydrogens is 353 g/mol. The lowest BCUT2D eigenvalue weighted by atomic mass is 10.1. The van der Waals surface area contributed by atoms with Crippen LogP contribution in [-0.2, 0) is 6.54 Å². The van der Waals surface area contributed by atoms with Crippen molar-refractivity contribution in [2.45, 2.75) is 13.5 Å². The van der Waals surface area contributed by atoms with E-state index in [4.69, 9.17) is 0 Å². The summed E-state index contributed by atoms with van der Waals surface area (Å²) < 4.78 is 12.9. The summed E-state index contributed by atoms with van der Waals surface area (Å²) >= 11 is 0. The highest BCUT2D eigenvalue weighted by Gasteiger charge is 2.06. The number of carbonyl (C=O) groups excluding carboxylic acids is 1. The second kappa shape index (κ2) is 9.46. The van der Waals surface area contributed by atoms with Crippen LogP contribution in [0.15, 0.2) is 84.0 Å². The van der Waals surface area contributed by atoms with Gasteiger partial charge in [-0.3, -0.25) is 4.79 Å². The highest BCUT2D eigenvalue weighted by molar-refractivity contribution is 5.94. The van der Waals surface area contributed by atoms with Crippen molar-refractivity contribution in [1.29, 1.82) is 0 Å². The molecule has 0 saturated carbocycles. The van der Waals surface area contributed by atoms with Crippen LogP contribution in [-0.4, -0.2) is 18.7 Å². The third-order valence-corrected chi connectivity index (χ3v) is 4.34. The first-order valence-corrected chi connectivity index (χ1v) is 9.13. The standard InChI is InChI=1S/C23H22FN3O/c1-2-27(17-19-6-4-3-5-7-19)22-14-8-18(9-15-22)16-25-26-23(28)20-10-12-21(24)13-11-20/h3-16H,2,17H2,1H3,(H,26,28)/b25-16-. The molecule has 142 valence electrons. The van der Waals surface area contributed by atoms with Crippen molar-refractivity contribution in [3.63, 3.8) is 0 Å². The molecule has 3 aromatic carbocycles. The Kier molecular flexibility index (Phi) is 6.52. The molecule has 1 N–H and O–H groups in total. The van der Waals surface area contributed by atoms with E-state index in [1.54, 1.807) is 6.21 Å². The maximum absolute atomic E-state index is 12.9. The fourth-order valence-corrected chi connectivity index (χ4v) is 2.79. The Bertz CT molecular complexity index is 922. The first-order valence-electron chi connectivity index (χ1n) is 9.13. The topological polar surface area (TPSA) is 44.7 Å². The van der Waals surface area contributed by atoms with Gasteiger partial charge in [0.15, 0.2) is 0 Å². The quantitative estimate of drug-likeness (QED) is 0.484. The molecule has 1 amide bonds. The summed E-state index contributed by atoms with van der Waals surface area (Å²) in [6.07, 6.45) is 1.58. The smallest absolute Gasteiger partial charge is 0.271 e. The van der Waals surface area contributed by atoms with Gasteiger partial charge >= 0.3 is 0 Å². The number of carbonyl (C=O) groups is 1. The number of benzene rings is 3. The monoisotopic (exact) mass is 375 g/mol. The van der Waals surface area contributed by atoms with Crippen LogP contribution >= 0.6 is 0 Å². The highest BCUT2D eigenvalue weighted by Crippen LogP contribution is 2.17. The Morgan fingerprint density at radius 1 is 1.00 bits per heavy atom. The largest absolute Gasteiger partial charge is 0.367 e. The molecule has 0 heterocycles. The molecule has 28 heavy (non-hydrogen) atoms. The first-order chi connectivity index (χ1) is 13.7. The van der Waals surface area contributed by atoms with Crippen molar-refractivity contribution >= 4 is 17.8 Å². The predicted octanol–water partition coefficient (Wildman–Crippen LogP) is 4.62. The third-order valence-electron chi connectivity index (χ3n) is 4.34. The zero-order valence-corrected chi connectivity index (χ0v) is 15.7. The second-order valence-electron chi connectivity index (χ2n) is 6.30. The highest BCUT2D eigenvalue weighted by atomic mass is 19.1. The number of nitrogens with zero attached hydrogens (tertiary/aromatic N) is 2. The van der Waals surface area contributed by atoms with Crippen molar-refractivity contribution in [1.82, 2.24) is 5.43 Å². The van der Waals surface area contributed by atoms with E-state index >= 15 is 0 Å². The average molecular weight is 375 g/mol. The van der Waals surface area contributed by atoms with Crippen LogP contribution in [0.25, 0.3) is 0 Å². The molecule has 0 fully saturated rings. The SMILES string of the molecule is CCN(Cc1ccccc1)c1ccc(/C=N\NC(=O)c2ccc(F)cc2)cc1. The van der Waals surface area contributed by atoms with Gasteiger partial charge in [0.25, 0.3) is 5.91 Å². The Balaban J connectivity index is 1.59. The lowest BCUT2D eigenvalue weighted by Gasteiger charge is -2.23. The van der Waals surface area contributed by atoms with E-state index in [1.165, 1.54) is 29.8 Å². The molecule has 3 rings (SSSR count). The van der Waals surface area contributed by atoms with E-state index in [-0.39, 0.29) is 11.7 Å². The van der Waals surface area contributed by atoms with Gasteiger partial charge < -0.3 is 4.90 Å². The van der Waals surface area contributed by atoms with Crippen LogP contribution in [0.2, 0.25) is 0 Å². The van der Waals surface area contributed by atoms with Crippen molar-refractivity contribution in [3.8, 4) is 0 Å². The lowest BCUT2D eigenvalue weighted by molar-refractivity contribution is 0.0955. The fraction of sp³-hybridized carbons (Fsp3) is 0.130. The number of rotatable bonds is 7. The molecule has 0 aliphatic heterocycles. The normalized spacial score (nSPS) is 10.8. The molecule has 5 heteroatoms. The fourth-order valence-electron chi connectivity index (χ4n) is 2.79. The van der Waals surface area contributed by atoms with E-state index in [1.807, 2.05) is 42.5 Å². The zero-order chi connectivity index (χ0) is 19.8. The Hall–Kier alpha value is -3.47. The van der Waals surface area contributed by atoms with Gasteiger partial charge in [0.2, 0.25) is 0 Å². The molecule has 0 bridgehead atoms. The Labute approximate surface area is 164 Å². The van der Waals surface area contributed by atoms with E-state index in [0.29, 0.717) is 5.56 Å². The van der Waals surface area contributed by atoms with Gasteiger partial charge in [-0.05, 0) is 54.4 Å². The molecule has 0 spiro atoms. The lowest BCUT2D eigenvalue weighted by Crippen LogP contribution is -2.21. The van der Waals surface area contributed by atoms with Gasteiger partial charge in [-0.2, -0.15) is 5.10 Å². The molecule has 0 saturated heterocycles. The van der Waals surface area contributed by atoms with Gasteiger partial charge in [-0.15, -0.1) is 0 Å². The Morgan fingerprint density at radius 2 is 1.68 bits per heavy atom. The molecular formula is C23H22FN3O.